The number of carbonyl (C=O) groups is 1. The number of ether oxygens (including phenoxy) is 2. The summed E-state index contributed by atoms with van der Waals surface area (Å²) in [5, 5.41) is 10.7. The molecule has 1 saturated heterocycles. The predicted molar refractivity (Wildman–Crippen MR) is 191 cm³/mol. The smallest absolute Gasteiger partial charge is 0.166 e. The van der Waals surface area contributed by atoms with Gasteiger partial charge in [0.25, 0.3) is 0 Å². The molecule has 0 spiro atoms. The number of rotatable bonds is 24. The summed E-state index contributed by atoms with van der Waals surface area (Å²) in [6.45, 7) is 4.92. The van der Waals surface area contributed by atoms with E-state index in [4.69, 9.17) is 9.47 Å². The average Bonchev–Trinajstić information content (AvgIpc) is 3.11. The van der Waals surface area contributed by atoms with Crippen LogP contribution in [0.4, 0.5) is 4.39 Å². The van der Waals surface area contributed by atoms with Crippen molar-refractivity contribution in [1.82, 2.24) is 4.90 Å². The molecule has 2 aromatic carbocycles. The van der Waals surface area contributed by atoms with Gasteiger partial charge in [0.2, 0.25) is 0 Å². The molecule has 1 heterocycles. The van der Waals surface area contributed by atoms with Gasteiger partial charge in [-0.1, -0.05) is 103 Å². The molecule has 1 atom stereocenters. The fourth-order valence-electron chi connectivity index (χ4n) is 7.22. The lowest BCUT2D eigenvalue weighted by Gasteiger charge is -2.33. The van der Waals surface area contributed by atoms with E-state index >= 15 is 0 Å². The standard InChI is InChI=1S/C41H61FN2O3/c1-4-5-6-7-8-9-10-11-12-13-14-15-16-17-27-41(33-43,36-21-24-38(46-2)39(32-36)47-3)28-18-29-44-30-25-35(26-31-44)40(45)34-19-22-37(42)23-20-34/h19-24,32,35H,4-18,25-31H2,1-3H3. The molecule has 0 aliphatic carbocycles. The fourth-order valence-corrected chi connectivity index (χ4v) is 7.22. The Hall–Kier alpha value is -2.91. The van der Waals surface area contributed by atoms with E-state index < -0.39 is 5.41 Å². The first-order valence-corrected chi connectivity index (χ1v) is 18.6. The molecule has 1 fully saturated rings. The lowest BCUT2D eigenvalue weighted by Crippen LogP contribution is -2.37. The van der Waals surface area contributed by atoms with E-state index in [0.29, 0.717) is 17.1 Å². The Balaban J connectivity index is 1.46. The minimum atomic E-state index is -0.576. The van der Waals surface area contributed by atoms with Crippen LogP contribution in [0.5, 0.6) is 11.5 Å². The minimum absolute atomic E-state index is 0.0120. The maximum atomic E-state index is 13.3. The van der Waals surface area contributed by atoms with E-state index in [-0.39, 0.29) is 17.5 Å². The summed E-state index contributed by atoms with van der Waals surface area (Å²) in [4.78, 5) is 15.4. The molecule has 0 amide bonds. The first kappa shape index (κ1) is 38.5. The number of hydrogen-bond acceptors (Lipinski definition) is 5. The van der Waals surface area contributed by atoms with Gasteiger partial charge in [-0.3, -0.25) is 4.79 Å². The van der Waals surface area contributed by atoms with E-state index in [2.05, 4.69) is 17.9 Å². The molecule has 0 bridgehead atoms. The number of carbonyl (C=O) groups excluding carboxylic acids is 1. The SMILES string of the molecule is CCCCCCCCCCCCCCCCC(C#N)(CCCN1CCC(C(=O)c2ccc(F)cc2)CC1)c1ccc(OC)c(OC)c1. The first-order valence-electron chi connectivity index (χ1n) is 18.6. The second-order valence-electron chi connectivity index (χ2n) is 13.7. The van der Waals surface area contributed by atoms with Gasteiger partial charge in [0, 0.05) is 11.5 Å². The molecule has 47 heavy (non-hydrogen) atoms. The largest absolute Gasteiger partial charge is 0.493 e. The molecular formula is C41H61FN2O3. The number of hydrogen-bond donors (Lipinski definition) is 0. The summed E-state index contributed by atoms with van der Waals surface area (Å²) in [5.74, 6) is 1.13. The van der Waals surface area contributed by atoms with Crippen molar-refractivity contribution in [3.63, 3.8) is 0 Å². The van der Waals surface area contributed by atoms with Gasteiger partial charge in [0.15, 0.2) is 17.3 Å². The monoisotopic (exact) mass is 648 g/mol. The molecule has 0 N–H and O–H groups in total. The van der Waals surface area contributed by atoms with Crippen LogP contribution < -0.4 is 9.47 Å². The van der Waals surface area contributed by atoms with Gasteiger partial charge >= 0.3 is 0 Å². The number of Topliss-reactive ketones (excluding diaryl/α,β-unsaturated/α-hetero) is 1. The number of halogens is 1. The van der Waals surface area contributed by atoms with Crippen molar-refractivity contribution >= 4 is 5.78 Å². The zero-order valence-corrected chi connectivity index (χ0v) is 29.7. The van der Waals surface area contributed by atoms with E-state index in [9.17, 15) is 14.4 Å². The maximum absolute atomic E-state index is 13.3. The quantitative estimate of drug-likeness (QED) is 0.0837. The number of likely N-dealkylation sites (tertiary alicyclic amines) is 1. The lowest BCUT2D eigenvalue weighted by molar-refractivity contribution is 0.0838. The zero-order valence-electron chi connectivity index (χ0n) is 29.7. The fraction of sp³-hybridized carbons (Fsp3) is 0.659. The van der Waals surface area contributed by atoms with Crippen LogP contribution in [0.3, 0.4) is 0 Å². The average molecular weight is 649 g/mol. The third-order valence-electron chi connectivity index (χ3n) is 10.3. The van der Waals surface area contributed by atoms with Crippen molar-refractivity contribution in [2.45, 2.75) is 134 Å². The Kier molecular flexibility index (Phi) is 17.9. The number of ketones is 1. The Morgan fingerprint density at radius 1 is 0.787 bits per heavy atom. The highest BCUT2D eigenvalue weighted by atomic mass is 19.1. The first-order chi connectivity index (χ1) is 23.0. The van der Waals surface area contributed by atoms with Crippen LogP contribution >= 0.6 is 0 Å². The summed E-state index contributed by atoms with van der Waals surface area (Å²) in [6, 6.07) is 14.6. The number of unbranched alkanes of at least 4 members (excludes halogenated alkanes) is 13. The van der Waals surface area contributed by atoms with Gasteiger partial charge in [-0.15, -0.1) is 0 Å². The number of nitrogens with zero attached hydrogens (tertiary/aromatic N) is 2. The summed E-state index contributed by atoms with van der Waals surface area (Å²) < 4.78 is 24.4. The molecule has 1 aliphatic rings. The second kappa shape index (κ2) is 21.9. The molecule has 2 aromatic rings. The van der Waals surface area contributed by atoms with Crippen LogP contribution in [0.1, 0.15) is 145 Å². The molecule has 0 aromatic heterocycles. The molecule has 5 nitrogen and oxygen atoms in total. The van der Waals surface area contributed by atoms with Crippen LogP contribution in [0.25, 0.3) is 0 Å². The van der Waals surface area contributed by atoms with Crippen molar-refractivity contribution < 1.29 is 18.7 Å². The topological polar surface area (TPSA) is 62.6 Å². The molecule has 0 radical (unpaired) electrons. The summed E-state index contributed by atoms with van der Waals surface area (Å²) in [5.41, 5.74) is 1.03. The van der Waals surface area contributed by atoms with E-state index in [1.807, 2.05) is 18.2 Å². The molecular weight excluding hydrogens is 587 g/mol. The molecule has 1 aliphatic heterocycles. The zero-order chi connectivity index (χ0) is 33.7. The van der Waals surface area contributed by atoms with Crippen molar-refractivity contribution in [3.05, 3.63) is 59.4 Å². The van der Waals surface area contributed by atoms with E-state index in [1.165, 1.54) is 89.2 Å². The van der Waals surface area contributed by atoms with Crippen LogP contribution in [-0.2, 0) is 5.41 Å². The van der Waals surface area contributed by atoms with Crippen LogP contribution in [0.2, 0.25) is 0 Å². The molecule has 1 unspecified atom stereocenters. The Labute approximate surface area is 285 Å². The molecule has 6 heteroatoms. The van der Waals surface area contributed by atoms with Crippen molar-refractivity contribution in [2.75, 3.05) is 33.9 Å². The van der Waals surface area contributed by atoms with E-state index in [0.717, 1.165) is 70.1 Å². The molecule has 3 rings (SSSR count). The van der Waals surface area contributed by atoms with Gasteiger partial charge in [-0.2, -0.15) is 5.26 Å². The van der Waals surface area contributed by atoms with Gasteiger partial charge < -0.3 is 14.4 Å². The summed E-state index contributed by atoms with van der Waals surface area (Å²) in [6.07, 6.45) is 22.6. The van der Waals surface area contributed by atoms with Gasteiger partial charge in [0.05, 0.1) is 25.7 Å². The highest BCUT2D eigenvalue weighted by Crippen LogP contribution is 2.39. The van der Waals surface area contributed by atoms with Gasteiger partial charge in [-0.05, 0) is 93.7 Å². The third kappa shape index (κ3) is 12.9. The van der Waals surface area contributed by atoms with Crippen LogP contribution in [0, 0.1) is 23.1 Å². The van der Waals surface area contributed by atoms with Crippen molar-refractivity contribution in [2.24, 2.45) is 5.92 Å². The highest BCUT2D eigenvalue weighted by Gasteiger charge is 2.33. The Morgan fingerprint density at radius 2 is 1.32 bits per heavy atom. The lowest BCUT2D eigenvalue weighted by atomic mass is 9.74. The number of piperidine rings is 1. The summed E-state index contributed by atoms with van der Waals surface area (Å²) >= 11 is 0. The second-order valence-corrected chi connectivity index (χ2v) is 13.7. The Bertz CT molecular complexity index is 1200. The number of nitriles is 1. The maximum Gasteiger partial charge on any atom is 0.166 e. The molecule has 260 valence electrons. The predicted octanol–water partition coefficient (Wildman–Crippen LogP) is 10.9. The highest BCUT2D eigenvalue weighted by molar-refractivity contribution is 5.97. The van der Waals surface area contributed by atoms with Crippen molar-refractivity contribution in [1.29, 1.82) is 5.26 Å². The van der Waals surface area contributed by atoms with Crippen molar-refractivity contribution in [3.8, 4) is 17.6 Å². The van der Waals surface area contributed by atoms with Gasteiger partial charge in [-0.25, -0.2) is 4.39 Å². The number of methoxy groups -OCH3 is 2. The van der Waals surface area contributed by atoms with Gasteiger partial charge in [0.1, 0.15) is 5.82 Å². The Morgan fingerprint density at radius 3 is 1.85 bits per heavy atom. The molecule has 0 saturated carbocycles. The minimum Gasteiger partial charge on any atom is -0.493 e. The third-order valence-corrected chi connectivity index (χ3v) is 10.3. The normalized spacial score (nSPS) is 15.2. The summed E-state index contributed by atoms with van der Waals surface area (Å²) in [7, 11) is 3.29. The van der Waals surface area contributed by atoms with Crippen LogP contribution in [-0.4, -0.2) is 44.5 Å². The van der Waals surface area contributed by atoms with Crippen LogP contribution in [0.15, 0.2) is 42.5 Å². The number of benzene rings is 2. The van der Waals surface area contributed by atoms with E-state index in [1.54, 1.807) is 26.4 Å².